The number of ether oxygens (including phenoxy) is 2. The van der Waals surface area contributed by atoms with Gasteiger partial charge in [0, 0.05) is 12.6 Å². The van der Waals surface area contributed by atoms with Crippen LogP contribution in [0.1, 0.15) is 24.2 Å². The van der Waals surface area contributed by atoms with E-state index in [0.29, 0.717) is 13.2 Å². The number of rotatable bonds is 9. The number of hydrogen-bond acceptors (Lipinski definition) is 5. The number of nitrogens with one attached hydrogen (secondary N) is 1. The summed E-state index contributed by atoms with van der Waals surface area (Å²) < 4.78 is 10.4. The summed E-state index contributed by atoms with van der Waals surface area (Å²) in [4.78, 5) is 11.2. The third-order valence-electron chi connectivity index (χ3n) is 3.84. The van der Waals surface area contributed by atoms with Crippen LogP contribution in [0.25, 0.3) is 0 Å². The van der Waals surface area contributed by atoms with E-state index in [4.69, 9.17) is 4.74 Å². The highest BCUT2D eigenvalue weighted by Gasteiger charge is 2.09. The van der Waals surface area contributed by atoms with Crippen LogP contribution in [0, 0.1) is 0 Å². The molecule has 5 nitrogen and oxygen atoms in total. The van der Waals surface area contributed by atoms with Crippen molar-refractivity contribution in [1.29, 1.82) is 0 Å². The number of methoxy groups -OCH3 is 1. The van der Waals surface area contributed by atoms with E-state index in [1.807, 2.05) is 61.5 Å². The molecule has 0 aliphatic carbocycles. The highest BCUT2D eigenvalue weighted by Crippen LogP contribution is 2.14. The van der Waals surface area contributed by atoms with Crippen molar-refractivity contribution in [1.82, 2.24) is 5.32 Å². The minimum atomic E-state index is -0.541. The van der Waals surface area contributed by atoms with Crippen molar-refractivity contribution in [3.05, 3.63) is 65.7 Å². The van der Waals surface area contributed by atoms with E-state index in [2.05, 4.69) is 10.1 Å². The van der Waals surface area contributed by atoms with Gasteiger partial charge < -0.3 is 19.9 Å². The van der Waals surface area contributed by atoms with Gasteiger partial charge in [0.1, 0.15) is 12.4 Å². The van der Waals surface area contributed by atoms with E-state index >= 15 is 0 Å². The van der Waals surface area contributed by atoms with Crippen molar-refractivity contribution in [3.8, 4) is 5.75 Å². The molecule has 2 aromatic carbocycles. The van der Waals surface area contributed by atoms with Gasteiger partial charge in [0.15, 0.2) is 0 Å². The van der Waals surface area contributed by atoms with Gasteiger partial charge in [-0.15, -0.1) is 0 Å². The Morgan fingerprint density at radius 3 is 2.44 bits per heavy atom. The molecule has 0 aliphatic heterocycles. The number of carbonyl (C=O) groups is 1. The van der Waals surface area contributed by atoms with Crippen molar-refractivity contribution >= 4 is 5.97 Å². The second kappa shape index (κ2) is 9.81. The fourth-order valence-electron chi connectivity index (χ4n) is 2.33. The Labute approximate surface area is 148 Å². The SMILES string of the molecule is COC(=O)Cc1ccc(OC[C@H](C)NC[C@@H](O)c2ccccc2)cc1. The molecule has 0 fully saturated rings. The molecule has 0 amide bonds. The van der Waals surface area contributed by atoms with E-state index in [-0.39, 0.29) is 18.4 Å². The summed E-state index contributed by atoms with van der Waals surface area (Å²) in [5.74, 6) is 0.481. The summed E-state index contributed by atoms with van der Waals surface area (Å²) in [5, 5.41) is 13.4. The van der Waals surface area contributed by atoms with Gasteiger partial charge in [-0.2, -0.15) is 0 Å². The Hall–Kier alpha value is -2.37. The molecule has 5 heteroatoms. The van der Waals surface area contributed by atoms with E-state index in [0.717, 1.165) is 16.9 Å². The fraction of sp³-hybridized carbons (Fsp3) is 0.350. The van der Waals surface area contributed by atoms with Crippen molar-refractivity contribution in [2.24, 2.45) is 0 Å². The van der Waals surface area contributed by atoms with Crippen LogP contribution in [-0.4, -0.2) is 37.4 Å². The van der Waals surface area contributed by atoms with Crippen molar-refractivity contribution in [2.75, 3.05) is 20.3 Å². The molecule has 2 aromatic rings. The molecule has 0 heterocycles. The summed E-state index contributed by atoms with van der Waals surface area (Å²) in [6, 6.07) is 17.0. The predicted molar refractivity (Wildman–Crippen MR) is 96.5 cm³/mol. The Morgan fingerprint density at radius 2 is 1.80 bits per heavy atom. The van der Waals surface area contributed by atoms with Crippen LogP contribution in [0.4, 0.5) is 0 Å². The van der Waals surface area contributed by atoms with Crippen LogP contribution in [0.3, 0.4) is 0 Å². The first-order chi connectivity index (χ1) is 12.1. The van der Waals surface area contributed by atoms with Gasteiger partial charge in [0.2, 0.25) is 0 Å². The summed E-state index contributed by atoms with van der Waals surface area (Å²) in [7, 11) is 1.38. The Kier molecular flexibility index (Phi) is 7.44. The van der Waals surface area contributed by atoms with E-state index < -0.39 is 6.10 Å². The minimum Gasteiger partial charge on any atom is -0.492 e. The first kappa shape index (κ1) is 19.0. The van der Waals surface area contributed by atoms with Gasteiger partial charge in [0.25, 0.3) is 0 Å². The molecule has 0 aliphatic rings. The number of benzene rings is 2. The molecule has 0 unspecified atom stereocenters. The number of carbonyl (C=O) groups excluding carboxylic acids is 1. The molecule has 0 spiro atoms. The molecule has 2 rings (SSSR count). The first-order valence-electron chi connectivity index (χ1n) is 8.33. The molecule has 0 bridgehead atoms. The number of aliphatic hydroxyl groups excluding tert-OH is 1. The maximum Gasteiger partial charge on any atom is 0.309 e. The zero-order valence-electron chi connectivity index (χ0n) is 14.6. The van der Waals surface area contributed by atoms with Crippen LogP contribution < -0.4 is 10.1 Å². The van der Waals surface area contributed by atoms with E-state index in [1.54, 1.807) is 0 Å². The minimum absolute atomic E-state index is 0.0908. The molecule has 2 atom stereocenters. The lowest BCUT2D eigenvalue weighted by atomic mass is 10.1. The normalized spacial score (nSPS) is 13.1. The number of hydrogen-bond donors (Lipinski definition) is 2. The summed E-state index contributed by atoms with van der Waals surface area (Å²) in [6.45, 7) is 2.95. The third kappa shape index (κ3) is 6.57. The maximum atomic E-state index is 11.2. The summed E-state index contributed by atoms with van der Waals surface area (Å²) in [5.41, 5.74) is 1.78. The lowest BCUT2D eigenvalue weighted by Gasteiger charge is -2.18. The molecule has 0 saturated carbocycles. The monoisotopic (exact) mass is 343 g/mol. The Morgan fingerprint density at radius 1 is 1.12 bits per heavy atom. The quantitative estimate of drug-likeness (QED) is 0.685. The lowest BCUT2D eigenvalue weighted by molar-refractivity contribution is -0.139. The molecule has 25 heavy (non-hydrogen) atoms. The van der Waals surface area contributed by atoms with E-state index in [1.165, 1.54) is 7.11 Å². The predicted octanol–water partition coefficient (Wildman–Crippen LogP) is 2.49. The van der Waals surface area contributed by atoms with Gasteiger partial charge in [-0.05, 0) is 30.2 Å². The molecule has 0 saturated heterocycles. The smallest absolute Gasteiger partial charge is 0.309 e. The van der Waals surface area contributed by atoms with Gasteiger partial charge in [-0.1, -0.05) is 42.5 Å². The van der Waals surface area contributed by atoms with E-state index in [9.17, 15) is 9.90 Å². The molecule has 134 valence electrons. The van der Waals surface area contributed by atoms with Crippen LogP contribution in [0.5, 0.6) is 5.75 Å². The van der Waals surface area contributed by atoms with Crippen molar-refractivity contribution in [3.63, 3.8) is 0 Å². The average molecular weight is 343 g/mol. The lowest BCUT2D eigenvalue weighted by Crippen LogP contribution is -2.34. The topological polar surface area (TPSA) is 67.8 Å². The van der Waals surface area contributed by atoms with Gasteiger partial charge in [-0.25, -0.2) is 0 Å². The number of aliphatic hydroxyl groups is 1. The number of esters is 1. The molecule has 0 aromatic heterocycles. The Balaban J connectivity index is 1.72. The highest BCUT2D eigenvalue weighted by molar-refractivity contribution is 5.72. The maximum absolute atomic E-state index is 11.2. The summed E-state index contributed by atoms with van der Waals surface area (Å²) >= 11 is 0. The highest BCUT2D eigenvalue weighted by atomic mass is 16.5. The largest absolute Gasteiger partial charge is 0.492 e. The average Bonchev–Trinajstić information content (AvgIpc) is 2.66. The van der Waals surface area contributed by atoms with Crippen LogP contribution in [0.2, 0.25) is 0 Å². The van der Waals surface area contributed by atoms with Crippen LogP contribution >= 0.6 is 0 Å². The van der Waals surface area contributed by atoms with Crippen LogP contribution in [-0.2, 0) is 16.0 Å². The zero-order valence-corrected chi connectivity index (χ0v) is 14.6. The Bertz CT molecular complexity index is 643. The first-order valence-corrected chi connectivity index (χ1v) is 8.33. The van der Waals surface area contributed by atoms with Crippen molar-refractivity contribution < 1.29 is 19.4 Å². The molecular weight excluding hydrogens is 318 g/mol. The van der Waals surface area contributed by atoms with Gasteiger partial charge in [-0.3, -0.25) is 4.79 Å². The van der Waals surface area contributed by atoms with Crippen LogP contribution in [0.15, 0.2) is 54.6 Å². The third-order valence-corrected chi connectivity index (χ3v) is 3.84. The molecule has 0 radical (unpaired) electrons. The molecule has 2 N–H and O–H groups in total. The van der Waals surface area contributed by atoms with Crippen molar-refractivity contribution in [2.45, 2.75) is 25.5 Å². The summed E-state index contributed by atoms with van der Waals surface area (Å²) in [6.07, 6.45) is -0.284. The molecular formula is C20H25NO4. The second-order valence-corrected chi connectivity index (χ2v) is 5.94. The van der Waals surface area contributed by atoms with Gasteiger partial charge in [0.05, 0.1) is 19.6 Å². The van der Waals surface area contributed by atoms with Gasteiger partial charge >= 0.3 is 5.97 Å². The fourth-order valence-corrected chi connectivity index (χ4v) is 2.33. The second-order valence-electron chi connectivity index (χ2n) is 5.94. The zero-order chi connectivity index (χ0) is 18.1. The standard InChI is InChI=1S/C20H25NO4/c1-15(21-13-19(22)17-6-4-3-5-7-17)14-25-18-10-8-16(9-11-18)12-20(23)24-2/h3-11,15,19,21-22H,12-14H2,1-2H3/t15-,19+/m0/s1.